The van der Waals surface area contributed by atoms with Gasteiger partial charge in [0.25, 0.3) is 0 Å². The molecule has 0 aliphatic carbocycles. The normalized spacial score (nSPS) is 20.5. The van der Waals surface area contributed by atoms with Crippen LogP contribution in [0.15, 0.2) is 18.2 Å². The first-order valence-electron chi connectivity index (χ1n) is 6.53. The standard InChI is InChI=1S/C14H20ClFN2/c1-10(2)17-11-5-4-8-18(9-11)13-7-3-6-12(15)14(13)16/h3,6-7,10-11,17H,4-5,8-9H2,1-2H3. The Morgan fingerprint density at radius 1 is 1.44 bits per heavy atom. The van der Waals surface area contributed by atoms with Gasteiger partial charge < -0.3 is 10.2 Å². The number of benzene rings is 1. The summed E-state index contributed by atoms with van der Waals surface area (Å²) in [6.45, 7) is 6.01. The minimum Gasteiger partial charge on any atom is -0.368 e. The fourth-order valence-electron chi connectivity index (χ4n) is 2.54. The maximum absolute atomic E-state index is 14.0. The number of piperidine rings is 1. The molecule has 0 aromatic heterocycles. The summed E-state index contributed by atoms with van der Waals surface area (Å²) in [5.41, 5.74) is 0.623. The van der Waals surface area contributed by atoms with Crippen LogP contribution in [0.1, 0.15) is 26.7 Å². The highest BCUT2D eigenvalue weighted by molar-refractivity contribution is 6.31. The minimum absolute atomic E-state index is 0.200. The molecule has 1 heterocycles. The van der Waals surface area contributed by atoms with Crippen LogP contribution in [0.5, 0.6) is 0 Å². The van der Waals surface area contributed by atoms with Gasteiger partial charge >= 0.3 is 0 Å². The molecule has 4 heteroatoms. The minimum atomic E-state index is -0.302. The van der Waals surface area contributed by atoms with E-state index in [-0.39, 0.29) is 10.8 Å². The molecular weight excluding hydrogens is 251 g/mol. The Balaban J connectivity index is 2.11. The van der Waals surface area contributed by atoms with Crippen LogP contribution >= 0.6 is 11.6 Å². The molecule has 100 valence electrons. The molecule has 1 aliphatic heterocycles. The molecule has 1 N–H and O–H groups in total. The maximum atomic E-state index is 14.0. The van der Waals surface area contributed by atoms with E-state index in [1.165, 1.54) is 0 Å². The third kappa shape index (κ3) is 3.15. The van der Waals surface area contributed by atoms with Gasteiger partial charge in [0, 0.05) is 25.2 Å². The second-order valence-corrected chi connectivity index (χ2v) is 5.59. The van der Waals surface area contributed by atoms with Crippen molar-refractivity contribution in [2.45, 2.75) is 38.8 Å². The average molecular weight is 271 g/mol. The zero-order valence-electron chi connectivity index (χ0n) is 10.9. The largest absolute Gasteiger partial charge is 0.368 e. The molecule has 1 saturated heterocycles. The van der Waals surface area contributed by atoms with E-state index in [1.807, 2.05) is 0 Å². The molecule has 0 bridgehead atoms. The third-order valence-corrected chi connectivity index (χ3v) is 3.55. The van der Waals surface area contributed by atoms with Gasteiger partial charge in [-0.2, -0.15) is 0 Å². The van der Waals surface area contributed by atoms with Crippen molar-refractivity contribution in [2.24, 2.45) is 0 Å². The van der Waals surface area contributed by atoms with Crippen molar-refractivity contribution in [1.82, 2.24) is 5.32 Å². The summed E-state index contributed by atoms with van der Waals surface area (Å²) in [6.07, 6.45) is 2.23. The highest BCUT2D eigenvalue weighted by Gasteiger charge is 2.22. The summed E-state index contributed by atoms with van der Waals surface area (Å²) in [7, 11) is 0. The van der Waals surface area contributed by atoms with Crippen LogP contribution in [-0.4, -0.2) is 25.2 Å². The molecule has 1 unspecified atom stereocenters. The van der Waals surface area contributed by atoms with Crippen molar-refractivity contribution >= 4 is 17.3 Å². The molecule has 0 saturated carbocycles. The van der Waals surface area contributed by atoms with Crippen LogP contribution in [0.25, 0.3) is 0 Å². The molecule has 0 amide bonds. The zero-order valence-corrected chi connectivity index (χ0v) is 11.7. The highest BCUT2D eigenvalue weighted by Crippen LogP contribution is 2.27. The van der Waals surface area contributed by atoms with Crippen LogP contribution in [0, 0.1) is 5.82 Å². The molecular formula is C14H20ClFN2. The Morgan fingerprint density at radius 3 is 2.94 bits per heavy atom. The maximum Gasteiger partial charge on any atom is 0.165 e. The molecule has 2 nitrogen and oxygen atoms in total. The van der Waals surface area contributed by atoms with E-state index in [0.29, 0.717) is 17.8 Å². The average Bonchev–Trinajstić information content (AvgIpc) is 2.32. The van der Waals surface area contributed by atoms with Crippen molar-refractivity contribution < 1.29 is 4.39 Å². The number of nitrogens with one attached hydrogen (secondary N) is 1. The fourth-order valence-corrected chi connectivity index (χ4v) is 2.71. The SMILES string of the molecule is CC(C)NC1CCCN(c2cccc(Cl)c2F)C1. The van der Waals surface area contributed by atoms with Gasteiger partial charge in [-0.1, -0.05) is 31.5 Å². The molecule has 1 aromatic carbocycles. The molecule has 2 rings (SSSR count). The molecule has 1 aliphatic rings. The van der Waals surface area contributed by atoms with Crippen molar-refractivity contribution in [1.29, 1.82) is 0 Å². The lowest BCUT2D eigenvalue weighted by Gasteiger charge is -2.36. The number of halogens is 2. The Morgan fingerprint density at radius 2 is 2.22 bits per heavy atom. The zero-order chi connectivity index (χ0) is 13.1. The summed E-state index contributed by atoms with van der Waals surface area (Å²) in [5, 5.41) is 3.72. The number of hydrogen-bond acceptors (Lipinski definition) is 2. The van der Waals surface area contributed by atoms with Gasteiger partial charge in [0.2, 0.25) is 0 Å². The summed E-state index contributed by atoms with van der Waals surface area (Å²) in [4.78, 5) is 2.09. The van der Waals surface area contributed by atoms with Crippen molar-refractivity contribution in [3.8, 4) is 0 Å². The number of anilines is 1. The quantitative estimate of drug-likeness (QED) is 0.905. The van der Waals surface area contributed by atoms with E-state index in [1.54, 1.807) is 18.2 Å². The first-order valence-corrected chi connectivity index (χ1v) is 6.90. The predicted octanol–water partition coefficient (Wildman–Crippen LogP) is 3.45. The molecule has 18 heavy (non-hydrogen) atoms. The van der Waals surface area contributed by atoms with Crippen LogP contribution in [0.3, 0.4) is 0 Å². The van der Waals surface area contributed by atoms with Crippen LogP contribution in [-0.2, 0) is 0 Å². The van der Waals surface area contributed by atoms with E-state index >= 15 is 0 Å². The Bertz CT molecular complexity index is 409. The predicted molar refractivity (Wildman–Crippen MR) is 74.9 cm³/mol. The Hall–Kier alpha value is -0.800. The highest BCUT2D eigenvalue weighted by atomic mass is 35.5. The first-order chi connectivity index (χ1) is 8.58. The van der Waals surface area contributed by atoms with Crippen molar-refractivity contribution in [2.75, 3.05) is 18.0 Å². The lowest BCUT2D eigenvalue weighted by Crippen LogP contribution is -2.48. The third-order valence-electron chi connectivity index (χ3n) is 3.26. The number of rotatable bonds is 3. The fraction of sp³-hybridized carbons (Fsp3) is 0.571. The summed E-state index contributed by atoms with van der Waals surface area (Å²) in [6, 6.07) is 6.09. The second-order valence-electron chi connectivity index (χ2n) is 5.18. The van der Waals surface area contributed by atoms with Crippen molar-refractivity contribution in [3.05, 3.63) is 29.0 Å². The number of hydrogen-bond donors (Lipinski definition) is 1. The lowest BCUT2D eigenvalue weighted by atomic mass is 10.0. The first kappa shape index (κ1) is 13.6. The van der Waals surface area contributed by atoms with E-state index in [4.69, 9.17) is 11.6 Å². The van der Waals surface area contributed by atoms with Crippen LogP contribution < -0.4 is 10.2 Å². The summed E-state index contributed by atoms with van der Waals surface area (Å²) in [5.74, 6) is -0.302. The van der Waals surface area contributed by atoms with Crippen LogP contribution in [0.4, 0.5) is 10.1 Å². The van der Waals surface area contributed by atoms with E-state index in [9.17, 15) is 4.39 Å². The summed E-state index contributed by atoms with van der Waals surface area (Å²) >= 11 is 5.84. The molecule has 1 atom stereocenters. The van der Waals surface area contributed by atoms with Gasteiger partial charge in [0.15, 0.2) is 5.82 Å². The van der Waals surface area contributed by atoms with Gasteiger partial charge in [-0.05, 0) is 25.0 Å². The molecule has 1 fully saturated rings. The molecule has 0 radical (unpaired) electrons. The monoisotopic (exact) mass is 270 g/mol. The van der Waals surface area contributed by atoms with Gasteiger partial charge in [-0.3, -0.25) is 0 Å². The van der Waals surface area contributed by atoms with Crippen molar-refractivity contribution in [3.63, 3.8) is 0 Å². The Kier molecular flexibility index (Phi) is 4.46. The smallest absolute Gasteiger partial charge is 0.165 e. The second kappa shape index (κ2) is 5.89. The van der Waals surface area contributed by atoms with Gasteiger partial charge in [0.05, 0.1) is 10.7 Å². The molecule has 0 spiro atoms. The Labute approximate surface area is 113 Å². The van der Waals surface area contributed by atoms with Gasteiger partial charge in [0.1, 0.15) is 0 Å². The van der Waals surface area contributed by atoms with E-state index < -0.39 is 0 Å². The topological polar surface area (TPSA) is 15.3 Å². The number of nitrogens with zero attached hydrogens (tertiary/aromatic N) is 1. The van der Waals surface area contributed by atoms with Crippen LogP contribution in [0.2, 0.25) is 5.02 Å². The summed E-state index contributed by atoms with van der Waals surface area (Å²) < 4.78 is 14.0. The van der Waals surface area contributed by atoms with E-state index in [2.05, 4.69) is 24.1 Å². The molecule has 1 aromatic rings. The van der Waals surface area contributed by atoms with Gasteiger partial charge in [-0.15, -0.1) is 0 Å². The van der Waals surface area contributed by atoms with E-state index in [0.717, 1.165) is 25.9 Å². The lowest BCUT2D eigenvalue weighted by molar-refractivity contribution is 0.392. The van der Waals surface area contributed by atoms with Gasteiger partial charge in [-0.25, -0.2) is 4.39 Å².